The minimum atomic E-state index is -0.517. The van der Waals surface area contributed by atoms with Crippen molar-refractivity contribution in [3.05, 3.63) is 11.8 Å². The molecule has 0 bridgehead atoms. The zero-order valence-electron chi connectivity index (χ0n) is 8.96. The van der Waals surface area contributed by atoms with E-state index in [4.69, 9.17) is 9.47 Å². The van der Waals surface area contributed by atoms with Crippen molar-refractivity contribution in [2.24, 2.45) is 0 Å². The number of allylic oxidation sites excluding steroid dienone is 1. The van der Waals surface area contributed by atoms with E-state index in [1.165, 1.54) is 5.57 Å². The van der Waals surface area contributed by atoms with Gasteiger partial charge in [0.2, 0.25) is 0 Å². The zero-order chi connectivity index (χ0) is 9.90. The van der Waals surface area contributed by atoms with Crippen molar-refractivity contribution in [2.75, 3.05) is 20.8 Å². The first-order chi connectivity index (χ1) is 6.14. The fourth-order valence-corrected chi connectivity index (χ4v) is 1.78. The predicted octanol–water partition coefficient (Wildman–Crippen LogP) is 1.95. The maximum absolute atomic E-state index is 5.42. The molecule has 0 N–H and O–H groups in total. The lowest BCUT2D eigenvalue weighted by Gasteiger charge is -2.34. The Bertz CT molecular complexity index is 193. The first-order valence-electron chi connectivity index (χ1n) is 4.67. The predicted molar refractivity (Wildman–Crippen MR) is 52.1 cm³/mol. The Labute approximate surface area is 80.3 Å². The Balaban J connectivity index is 2.78. The van der Waals surface area contributed by atoms with Crippen LogP contribution in [0.15, 0.2) is 11.8 Å². The highest BCUT2D eigenvalue weighted by Gasteiger charge is 2.39. The van der Waals surface area contributed by atoms with Crippen LogP contribution in [0.4, 0.5) is 0 Å². The number of methoxy groups -OCH3 is 2. The van der Waals surface area contributed by atoms with Crippen molar-refractivity contribution in [2.45, 2.75) is 32.6 Å². The van der Waals surface area contributed by atoms with Crippen LogP contribution in [0, 0.1) is 0 Å². The third-order valence-electron chi connectivity index (χ3n) is 2.38. The highest BCUT2D eigenvalue weighted by atomic mass is 16.7. The van der Waals surface area contributed by atoms with Crippen LogP contribution in [-0.2, 0) is 9.47 Å². The third-order valence-corrected chi connectivity index (χ3v) is 2.38. The summed E-state index contributed by atoms with van der Waals surface area (Å²) in [5, 5.41) is 0. The van der Waals surface area contributed by atoms with Crippen LogP contribution in [0.5, 0.6) is 0 Å². The number of nitrogens with zero attached hydrogens (tertiary/aromatic N) is 1. The van der Waals surface area contributed by atoms with Gasteiger partial charge in [-0.25, -0.2) is 0 Å². The van der Waals surface area contributed by atoms with E-state index in [0.29, 0.717) is 0 Å². The number of rotatable bonds is 3. The van der Waals surface area contributed by atoms with Gasteiger partial charge in [-0.15, -0.1) is 0 Å². The Morgan fingerprint density at radius 3 is 2.38 bits per heavy atom. The average Bonchev–Trinajstić information content (AvgIpc) is 2.48. The molecule has 1 aliphatic heterocycles. The second-order valence-electron chi connectivity index (χ2n) is 3.62. The molecule has 0 radical (unpaired) electrons. The second kappa shape index (κ2) is 4.11. The molecular formula is C10H19NO2. The van der Waals surface area contributed by atoms with Gasteiger partial charge in [0.25, 0.3) is 5.91 Å². The summed E-state index contributed by atoms with van der Waals surface area (Å²) in [6.45, 7) is 5.16. The van der Waals surface area contributed by atoms with Crippen molar-refractivity contribution in [3.63, 3.8) is 0 Å². The molecule has 0 aromatic rings. The lowest BCUT2D eigenvalue weighted by atomic mass is 10.3. The quantitative estimate of drug-likeness (QED) is 0.627. The van der Waals surface area contributed by atoms with Gasteiger partial charge in [-0.05, 0) is 20.3 Å². The summed E-state index contributed by atoms with van der Waals surface area (Å²) in [7, 11) is 3.39. The van der Waals surface area contributed by atoms with Crippen molar-refractivity contribution >= 4 is 0 Å². The minimum Gasteiger partial charge on any atom is -0.336 e. The van der Waals surface area contributed by atoms with Crippen LogP contribution in [0.25, 0.3) is 0 Å². The molecule has 3 heteroatoms. The van der Waals surface area contributed by atoms with Crippen LogP contribution in [0.1, 0.15) is 26.7 Å². The summed E-state index contributed by atoms with van der Waals surface area (Å²) in [5.41, 5.74) is 1.26. The van der Waals surface area contributed by atoms with Gasteiger partial charge in [0, 0.05) is 33.4 Å². The molecule has 1 rings (SSSR count). The van der Waals surface area contributed by atoms with Crippen LogP contribution in [0.2, 0.25) is 0 Å². The van der Waals surface area contributed by atoms with Crippen molar-refractivity contribution in [1.29, 1.82) is 0 Å². The number of ether oxygens (including phenoxy) is 2. The normalized spacial score (nSPS) is 20.5. The Hall–Kier alpha value is -0.540. The van der Waals surface area contributed by atoms with Crippen LogP contribution in [-0.4, -0.2) is 31.6 Å². The molecular weight excluding hydrogens is 166 g/mol. The summed E-state index contributed by atoms with van der Waals surface area (Å²) >= 11 is 0. The molecule has 1 saturated heterocycles. The van der Waals surface area contributed by atoms with E-state index < -0.39 is 5.91 Å². The van der Waals surface area contributed by atoms with Crippen molar-refractivity contribution in [3.8, 4) is 0 Å². The summed E-state index contributed by atoms with van der Waals surface area (Å²) in [6.07, 6.45) is 4.15. The van der Waals surface area contributed by atoms with E-state index in [-0.39, 0.29) is 0 Å². The molecule has 0 saturated carbocycles. The summed E-state index contributed by atoms with van der Waals surface area (Å²) in [5.74, 6) is -0.517. The lowest BCUT2D eigenvalue weighted by Crippen LogP contribution is -2.44. The molecule has 0 aliphatic carbocycles. The highest BCUT2D eigenvalue weighted by molar-refractivity contribution is 4.97. The Kier molecular flexibility index (Phi) is 3.33. The van der Waals surface area contributed by atoms with E-state index in [0.717, 1.165) is 19.4 Å². The largest absolute Gasteiger partial charge is 0.336 e. The van der Waals surface area contributed by atoms with Crippen LogP contribution >= 0.6 is 0 Å². The van der Waals surface area contributed by atoms with Crippen LogP contribution < -0.4 is 0 Å². The van der Waals surface area contributed by atoms with Crippen molar-refractivity contribution < 1.29 is 9.47 Å². The van der Waals surface area contributed by atoms with Gasteiger partial charge in [-0.2, -0.15) is 0 Å². The van der Waals surface area contributed by atoms with Gasteiger partial charge >= 0.3 is 0 Å². The standard InChI is InChI=1S/C10H19NO2/c1-9(2)8-11-7-5-6-10(11,12-3)13-4/h8H,5-7H2,1-4H3. The third kappa shape index (κ3) is 2.03. The Morgan fingerprint density at radius 1 is 1.31 bits per heavy atom. The molecule has 0 spiro atoms. The average molecular weight is 185 g/mol. The maximum Gasteiger partial charge on any atom is 0.250 e. The second-order valence-corrected chi connectivity index (χ2v) is 3.62. The fourth-order valence-electron chi connectivity index (χ4n) is 1.78. The molecule has 13 heavy (non-hydrogen) atoms. The first-order valence-corrected chi connectivity index (χ1v) is 4.67. The van der Waals surface area contributed by atoms with Gasteiger partial charge in [0.1, 0.15) is 0 Å². The summed E-state index contributed by atoms with van der Waals surface area (Å²) in [4.78, 5) is 2.13. The van der Waals surface area contributed by atoms with Gasteiger partial charge in [-0.3, -0.25) is 0 Å². The molecule has 0 aromatic heterocycles. The molecule has 0 unspecified atom stereocenters. The van der Waals surface area contributed by atoms with E-state index >= 15 is 0 Å². The first kappa shape index (κ1) is 10.5. The molecule has 1 fully saturated rings. The van der Waals surface area contributed by atoms with Gasteiger partial charge < -0.3 is 14.4 Å². The molecule has 76 valence electrons. The monoisotopic (exact) mass is 185 g/mol. The van der Waals surface area contributed by atoms with Crippen molar-refractivity contribution in [1.82, 2.24) is 4.90 Å². The molecule has 0 atom stereocenters. The van der Waals surface area contributed by atoms with E-state index in [2.05, 4.69) is 24.9 Å². The fraction of sp³-hybridized carbons (Fsp3) is 0.800. The SMILES string of the molecule is COC1(OC)CCCN1C=C(C)C. The minimum absolute atomic E-state index is 0.517. The van der Waals surface area contributed by atoms with Crippen LogP contribution in [0.3, 0.4) is 0 Å². The molecule has 0 aromatic carbocycles. The molecule has 1 aliphatic rings. The smallest absolute Gasteiger partial charge is 0.250 e. The maximum atomic E-state index is 5.42. The number of likely N-dealkylation sites (tertiary alicyclic amines) is 1. The van der Waals surface area contributed by atoms with Gasteiger partial charge in [0.05, 0.1) is 0 Å². The molecule has 0 amide bonds. The topological polar surface area (TPSA) is 21.7 Å². The lowest BCUT2D eigenvalue weighted by molar-refractivity contribution is -0.266. The highest BCUT2D eigenvalue weighted by Crippen LogP contribution is 2.31. The number of hydrogen-bond donors (Lipinski definition) is 0. The molecule has 3 nitrogen and oxygen atoms in total. The molecule has 1 heterocycles. The van der Waals surface area contributed by atoms with Gasteiger partial charge in [-0.1, -0.05) is 5.57 Å². The van der Waals surface area contributed by atoms with E-state index in [1.54, 1.807) is 14.2 Å². The summed E-state index contributed by atoms with van der Waals surface area (Å²) in [6, 6.07) is 0. The Morgan fingerprint density at radius 2 is 1.92 bits per heavy atom. The summed E-state index contributed by atoms with van der Waals surface area (Å²) < 4.78 is 10.8. The van der Waals surface area contributed by atoms with Gasteiger partial charge in [0.15, 0.2) is 0 Å². The zero-order valence-corrected chi connectivity index (χ0v) is 8.96. The van der Waals surface area contributed by atoms with E-state index in [1.807, 2.05) is 0 Å². The van der Waals surface area contributed by atoms with E-state index in [9.17, 15) is 0 Å². The number of hydrogen-bond acceptors (Lipinski definition) is 3.